The van der Waals surface area contributed by atoms with Crippen molar-refractivity contribution in [2.75, 3.05) is 10.6 Å². The SMILES string of the molecule is CC(C)NC(=O)c1csc(NC(=O)Nc2ccccc2)n1. The molecule has 2 aromatic rings. The highest BCUT2D eigenvalue weighted by molar-refractivity contribution is 7.14. The number of carbonyl (C=O) groups excluding carboxylic acids is 2. The molecule has 0 saturated heterocycles. The van der Waals surface area contributed by atoms with Crippen LogP contribution in [0.5, 0.6) is 0 Å². The second-order valence-electron chi connectivity index (χ2n) is 4.61. The van der Waals surface area contributed by atoms with Crippen molar-refractivity contribution in [3.8, 4) is 0 Å². The summed E-state index contributed by atoms with van der Waals surface area (Å²) in [4.78, 5) is 27.6. The van der Waals surface area contributed by atoms with E-state index < -0.39 is 6.03 Å². The molecule has 1 heterocycles. The molecule has 21 heavy (non-hydrogen) atoms. The minimum Gasteiger partial charge on any atom is -0.349 e. The number of urea groups is 1. The number of rotatable bonds is 4. The monoisotopic (exact) mass is 304 g/mol. The normalized spacial score (nSPS) is 10.2. The van der Waals surface area contributed by atoms with Crippen LogP contribution in [-0.2, 0) is 0 Å². The summed E-state index contributed by atoms with van der Waals surface area (Å²) >= 11 is 1.20. The number of anilines is 2. The summed E-state index contributed by atoms with van der Waals surface area (Å²) in [5.74, 6) is -0.252. The molecular formula is C14H16N4O2S. The van der Waals surface area contributed by atoms with Crippen LogP contribution in [0.25, 0.3) is 0 Å². The first kappa shape index (κ1) is 15.0. The lowest BCUT2D eigenvalue weighted by Gasteiger charge is -2.06. The van der Waals surface area contributed by atoms with Crippen molar-refractivity contribution in [1.82, 2.24) is 10.3 Å². The third kappa shape index (κ3) is 4.57. The first-order chi connectivity index (χ1) is 10.0. The van der Waals surface area contributed by atoms with Gasteiger partial charge >= 0.3 is 6.03 Å². The molecule has 3 amide bonds. The molecule has 1 aromatic carbocycles. The zero-order valence-electron chi connectivity index (χ0n) is 11.7. The number of hydrogen-bond donors (Lipinski definition) is 3. The molecule has 0 aliphatic carbocycles. The van der Waals surface area contributed by atoms with Crippen molar-refractivity contribution in [2.45, 2.75) is 19.9 Å². The Morgan fingerprint density at radius 3 is 2.52 bits per heavy atom. The van der Waals surface area contributed by atoms with Gasteiger partial charge in [-0.1, -0.05) is 18.2 Å². The number of para-hydroxylation sites is 1. The van der Waals surface area contributed by atoms with Gasteiger partial charge in [0.05, 0.1) is 0 Å². The molecule has 110 valence electrons. The maximum absolute atomic E-state index is 11.8. The van der Waals surface area contributed by atoms with Gasteiger partial charge in [0, 0.05) is 17.1 Å². The molecule has 0 spiro atoms. The Bertz CT molecular complexity index is 625. The predicted molar refractivity (Wildman–Crippen MR) is 83.8 cm³/mol. The molecule has 0 aliphatic heterocycles. The molecule has 0 fully saturated rings. The number of nitrogens with one attached hydrogen (secondary N) is 3. The van der Waals surface area contributed by atoms with Gasteiger partial charge in [0.25, 0.3) is 5.91 Å². The zero-order valence-corrected chi connectivity index (χ0v) is 12.5. The van der Waals surface area contributed by atoms with Crippen LogP contribution in [-0.4, -0.2) is 23.0 Å². The molecule has 6 nitrogen and oxygen atoms in total. The summed E-state index contributed by atoms with van der Waals surface area (Å²) in [7, 11) is 0. The van der Waals surface area contributed by atoms with Crippen molar-refractivity contribution < 1.29 is 9.59 Å². The Hall–Kier alpha value is -2.41. The summed E-state index contributed by atoms with van der Waals surface area (Å²) < 4.78 is 0. The van der Waals surface area contributed by atoms with Gasteiger partial charge in [0.1, 0.15) is 5.69 Å². The van der Waals surface area contributed by atoms with Gasteiger partial charge in [0.2, 0.25) is 0 Å². The Morgan fingerprint density at radius 2 is 1.86 bits per heavy atom. The number of thiazole rings is 1. The van der Waals surface area contributed by atoms with Crippen molar-refractivity contribution in [1.29, 1.82) is 0 Å². The molecular weight excluding hydrogens is 288 g/mol. The highest BCUT2D eigenvalue weighted by atomic mass is 32.1. The Balaban J connectivity index is 1.93. The fourth-order valence-electron chi connectivity index (χ4n) is 1.55. The minimum atomic E-state index is -0.397. The van der Waals surface area contributed by atoms with E-state index in [0.717, 1.165) is 0 Å². The highest BCUT2D eigenvalue weighted by Crippen LogP contribution is 2.16. The van der Waals surface area contributed by atoms with Crippen LogP contribution < -0.4 is 16.0 Å². The number of carbonyl (C=O) groups is 2. The maximum Gasteiger partial charge on any atom is 0.325 e. The van der Waals surface area contributed by atoms with Crippen LogP contribution in [0.3, 0.4) is 0 Å². The van der Waals surface area contributed by atoms with Crippen LogP contribution in [0.2, 0.25) is 0 Å². The number of benzene rings is 1. The van der Waals surface area contributed by atoms with Gasteiger partial charge in [-0.15, -0.1) is 11.3 Å². The van der Waals surface area contributed by atoms with E-state index in [1.807, 2.05) is 32.0 Å². The van der Waals surface area contributed by atoms with E-state index in [1.54, 1.807) is 17.5 Å². The minimum absolute atomic E-state index is 0.0389. The van der Waals surface area contributed by atoms with Crippen molar-refractivity contribution in [3.63, 3.8) is 0 Å². The molecule has 0 bridgehead atoms. The van der Waals surface area contributed by atoms with Gasteiger partial charge < -0.3 is 10.6 Å². The summed E-state index contributed by atoms with van der Waals surface area (Å²) in [6.45, 7) is 3.74. The lowest BCUT2D eigenvalue weighted by molar-refractivity contribution is 0.0939. The van der Waals surface area contributed by atoms with Gasteiger partial charge in [-0.3, -0.25) is 10.1 Å². The number of aromatic nitrogens is 1. The fourth-order valence-corrected chi connectivity index (χ4v) is 2.24. The van der Waals surface area contributed by atoms with E-state index in [9.17, 15) is 9.59 Å². The average Bonchev–Trinajstić information content (AvgIpc) is 2.87. The Labute approximate surface area is 126 Å². The van der Waals surface area contributed by atoms with E-state index in [0.29, 0.717) is 16.5 Å². The van der Waals surface area contributed by atoms with Crippen molar-refractivity contribution >= 4 is 34.1 Å². The van der Waals surface area contributed by atoms with Crippen molar-refractivity contribution in [2.24, 2.45) is 0 Å². The molecule has 0 radical (unpaired) electrons. The summed E-state index contributed by atoms with van der Waals surface area (Å²) in [6.07, 6.45) is 0. The van der Waals surface area contributed by atoms with Gasteiger partial charge in [0.15, 0.2) is 5.13 Å². The molecule has 0 unspecified atom stereocenters. The molecule has 0 aliphatic rings. The van der Waals surface area contributed by atoms with E-state index in [2.05, 4.69) is 20.9 Å². The van der Waals surface area contributed by atoms with E-state index in [-0.39, 0.29) is 11.9 Å². The lowest BCUT2D eigenvalue weighted by atomic mass is 10.3. The zero-order chi connectivity index (χ0) is 15.2. The third-order valence-corrected chi connectivity index (χ3v) is 3.17. The fraction of sp³-hybridized carbons (Fsp3) is 0.214. The highest BCUT2D eigenvalue weighted by Gasteiger charge is 2.13. The first-order valence-electron chi connectivity index (χ1n) is 6.44. The summed E-state index contributed by atoms with van der Waals surface area (Å²) in [6, 6.07) is 8.72. The average molecular weight is 304 g/mol. The summed E-state index contributed by atoms with van der Waals surface area (Å²) in [5.41, 5.74) is 0.980. The molecule has 0 saturated carbocycles. The number of nitrogens with zero attached hydrogens (tertiary/aromatic N) is 1. The summed E-state index contributed by atoms with van der Waals surface area (Å²) in [5, 5.41) is 10.00. The van der Waals surface area contributed by atoms with Gasteiger partial charge in [-0.05, 0) is 26.0 Å². The standard InChI is InChI=1S/C14H16N4O2S/c1-9(2)15-12(19)11-8-21-14(17-11)18-13(20)16-10-6-4-3-5-7-10/h3-9H,1-2H3,(H,15,19)(H2,16,17,18,20). The van der Waals surface area contributed by atoms with Crippen molar-refractivity contribution in [3.05, 3.63) is 41.4 Å². The largest absolute Gasteiger partial charge is 0.349 e. The third-order valence-electron chi connectivity index (χ3n) is 2.41. The molecule has 3 N–H and O–H groups in total. The van der Waals surface area contributed by atoms with E-state index in [1.165, 1.54) is 11.3 Å². The number of hydrogen-bond acceptors (Lipinski definition) is 4. The predicted octanol–water partition coefficient (Wildman–Crippen LogP) is 2.93. The maximum atomic E-state index is 11.8. The molecule has 1 aromatic heterocycles. The van der Waals surface area contributed by atoms with Crippen LogP contribution in [0.15, 0.2) is 35.7 Å². The molecule has 2 rings (SSSR count). The van der Waals surface area contributed by atoms with Crippen LogP contribution in [0, 0.1) is 0 Å². The second-order valence-corrected chi connectivity index (χ2v) is 5.47. The topological polar surface area (TPSA) is 83.1 Å². The van der Waals surface area contributed by atoms with E-state index >= 15 is 0 Å². The van der Waals surface area contributed by atoms with Crippen LogP contribution in [0.1, 0.15) is 24.3 Å². The Morgan fingerprint density at radius 1 is 1.14 bits per heavy atom. The number of amides is 3. The van der Waals surface area contributed by atoms with E-state index in [4.69, 9.17) is 0 Å². The lowest BCUT2D eigenvalue weighted by Crippen LogP contribution is -2.30. The quantitative estimate of drug-likeness (QED) is 0.812. The Kier molecular flexibility index (Phi) is 4.89. The van der Waals surface area contributed by atoms with Gasteiger partial charge in [-0.2, -0.15) is 0 Å². The molecule has 0 atom stereocenters. The second kappa shape index (κ2) is 6.85. The van der Waals surface area contributed by atoms with Gasteiger partial charge in [-0.25, -0.2) is 9.78 Å². The van der Waals surface area contributed by atoms with Crippen LogP contribution in [0.4, 0.5) is 15.6 Å². The smallest absolute Gasteiger partial charge is 0.325 e. The van der Waals surface area contributed by atoms with Crippen LogP contribution >= 0.6 is 11.3 Å². The molecule has 7 heteroatoms. The first-order valence-corrected chi connectivity index (χ1v) is 7.32.